The summed E-state index contributed by atoms with van der Waals surface area (Å²) in [5, 5.41) is 4.91. The van der Waals surface area contributed by atoms with Crippen LogP contribution in [0.25, 0.3) is 0 Å². The summed E-state index contributed by atoms with van der Waals surface area (Å²) in [6, 6.07) is 7.85. The van der Waals surface area contributed by atoms with Crippen LogP contribution in [-0.4, -0.2) is 16.4 Å². The van der Waals surface area contributed by atoms with Crippen LogP contribution >= 0.6 is 11.6 Å². The van der Waals surface area contributed by atoms with Gasteiger partial charge in [-0.3, -0.25) is 4.68 Å². The molecule has 2 rings (SSSR count). The summed E-state index contributed by atoms with van der Waals surface area (Å²) in [6.45, 7) is 3.93. The standard InChI is InChI=1S/C14H18ClN3O/c1-11-14(15)10-17-18(11)6-3-7-19-13-5-2-4-12(8-13)9-16/h2,4-5,8,10H,3,6-7,9,16H2,1H3. The molecule has 0 radical (unpaired) electrons. The van der Waals surface area contributed by atoms with Gasteiger partial charge in [-0.15, -0.1) is 0 Å². The zero-order valence-corrected chi connectivity index (χ0v) is 11.7. The molecule has 0 bridgehead atoms. The third-order valence-corrected chi connectivity index (χ3v) is 3.33. The Hall–Kier alpha value is -1.52. The second-order valence-electron chi connectivity index (χ2n) is 4.35. The summed E-state index contributed by atoms with van der Waals surface area (Å²) in [5.74, 6) is 0.859. The lowest BCUT2D eigenvalue weighted by Crippen LogP contribution is -2.07. The number of nitrogens with zero attached hydrogens (tertiary/aromatic N) is 2. The van der Waals surface area contributed by atoms with Crippen molar-refractivity contribution in [3.63, 3.8) is 0 Å². The zero-order chi connectivity index (χ0) is 13.7. The Labute approximate surface area is 118 Å². The van der Waals surface area contributed by atoms with Crippen molar-refractivity contribution in [3.8, 4) is 5.75 Å². The van der Waals surface area contributed by atoms with E-state index in [9.17, 15) is 0 Å². The minimum Gasteiger partial charge on any atom is -0.494 e. The van der Waals surface area contributed by atoms with Crippen LogP contribution in [0.2, 0.25) is 5.02 Å². The second kappa shape index (κ2) is 6.59. The summed E-state index contributed by atoms with van der Waals surface area (Å²) in [7, 11) is 0. The van der Waals surface area contributed by atoms with E-state index in [1.807, 2.05) is 35.9 Å². The number of benzene rings is 1. The molecule has 0 saturated heterocycles. The van der Waals surface area contributed by atoms with Gasteiger partial charge in [0.15, 0.2) is 0 Å². The largest absolute Gasteiger partial charge is 0.494 e. The molecular weight excluding hydrogens is 262 g/mol. The monoisotopic (exact) mass is 279 g/mol. The zero-order valence-electron chi connectivity index (χ0n) is 11.0. The van der Waals surface area contributed by atoms with Gasteiger partial charge in [-0.25, -0.2) is 0 Å². The topological polar surface area (TPSA) is 53.1 Å². The number of aryl methyl sites for hydroxylation is 1. The van der Waals surface area contributed by atoms with E-state index >= 15 is 0 Å². The Balaban J connectivity index is 1.79. The predicted molar refractivity (Wildman–Crippen MR) is 76.4 cm³/mol. The van der Waals surface area contributed by atoms with Crippen molar-refractivity contribution >= 4 is 11.6 Å². The summed E-state index contributed by atoms with van der Waals surface area (Å²) in [5.41, 5.74) is 7.66. The molecule has 0 unspecified atom stereocenters. The molecule has 1 heterocycles. The van der Waals surface area contributed by atoms with E-state index in [1.165, 1.54) is 0 Å². The molecule has 0 aliphatic rings. The average molecular weight is 280 g/mol. The third kappa shape index (κ3) is 3.72. The maximum absolute atomic E-state index is 5.95. The molecule has 0 amide bonds. The van der Waals surface area contributed by atoms with Gasteiger partial charge in [-0.1, -0.05) is 23.7 Å². The van der Waals surface area contributed by atoms with Crippen LogP contribution in [-0.2, 0) is 13.1 Å². The number of ether oxygens (including phenoxy) is 1. The van der Waals surface area contributed by atoms with Crippen molar-refractivity contribution in [3.05, 3.63) is 46.7 Å². The molecule has 4 nitrogen and oxygen atoms in total. The molecule has 19 heavy (non-hydrogen) atoms. The number of aromatic nitrogens is 2. The van der Waals surface area contributed by atoms with Crippen LogP contribution in [0.15, 0.2) is 30.5 Å². The molecule has 5 heteroatoms. The predicted octanol–water partition coefficient (Wildman–Crippen LogP) is 2.77. The van der Waals surface area contributed by atoms with Gasteiger partial charge in [-0.05, 0) is 24.6 Å². The first-order valence-electron chi connectivity index (χ1n) is 6.30. The van der Waals surface area contributed by atoms with Gasteiger partial charge in [0.25, 0.3) is 0 Å². The van der Waals surface area contributed by atoms with Crippen LogP contribution in [0.1, 0.15) is 17.7 Å². The second-order valence-corrected chi connectivity index (χ2v) is 4.76. The summed E-state index contributed by atoms with van der Waals surface area (Å²) < 4.78 is 7.58. The molecule has 0 fully saturated rings. The molecule has 0 spiro atoms. The van der Waals surface area contributed by atoms with Gasteiger partial charge in [-0.2, -0.15) is 5.10 Å². The van der Waals surface area contributed by atoms with E-state index in [-0.39, 0.29) is 0 Å². The van der Waals surface area contributed by atoms with E-state index in [2.05, 4.69) is 5.10 Å². The van der Waals surface area contributed by atoms with Crippen molar-refractivity contribution in [2.45, 2.75) is 26.4 Å². The number of hydrogen-bond acceptors (Lipinski definition) is 3. The highest BCUT2D eigenvalue weighted by Gasteiger charge is 2.03. The Bertz CT molecular complexity index is 539. The lowest BCUT2D eigenvalue weighted by Gasteiger charge is -2.08. The number of nitrogens with two attached hydrogens (primary N) is 1. The van der Waals surface area contributed by atoms with Gasteiger partial charge in [0.2, 0.25) is 0 Å². The summed E-state index contributed by atoms with van der Waals surface area (Å²) >= 11 is 5.95. The van der Waals surface area contributed by atoms with Gasteiger partial charge in [0, 0.05) is 19.5 Å². The highest BCUT2D eigenvalue weighted by Crippen LogP contribution is 2.15. The fourth-order valence-corrected chi connectivity index (χ4v) is 1.96. The van der Waals surface area contributed by atoms with E-state index < -0.39 is 0 Å². The molecule has 1 aromatic carbocycles. The van der Waals surface area contributed by atoms with E-state index in [0.717, 1.165) is 30.0 Å². The Morgan fingerprint density at radius 2 is 2.26 bits per heavy atom. The van der Waals surface area contributed by atoms with Crippen molar-refractivity contribution < 1.29 is 4.74 Å². The number of halogens is 1. The smallest absolute Gasteiger partial charge is 0.119 e. The van der Waals surface area contributed by atoms with Crippen LogP contribution in [0, 0.1) is 6.92 Å². The van der Waals surface area contributed by atoms with Crippen LogP contribution in [0.5, 0.6) is 5.75 Å². The average Bonchev–Trinajstić information content (AvgIpc) is 2.75. The Morgan fingerprint density at radius 1 is 1.42 bits per heavy atom. The van der Waals surface area contributed by atoms with Gasteiger partial charge in [0.1, 0.15) is 5.75 Å². The minimum absolute atomic E-state index is 0.530. The first-order chi connectivity index (χ1) is 9.20. The van der Waals surface area contributed by atoms with Gasteiger partial charge < -0.3 is 10.5 Å². The molecule has 102 valence electrons. The Morgan fingerprint density at radius 3 is 2.95 bits per heavy atom. The van der Waals surface area contributed by atoms with Gasteiger partial charge in [0.05, 0.1) is 23.5 Å². The van der Waals surface area contributed by atoms with Crippen LogP contribution < -0.4 is 10.5 Å². The molecule has 0 saturated carbocycles. The minimum atomic E-state index is 0.530. The Kier molecular flexibility index (Phi) is 4.82. The SMILES string of the molecule is Cc1c(Cl)cnn1CCCOc1cccc(CN)c1. The molecule has 1 aromatic heterocycles. The van der Waals surface area contributed by atoms with Crippen LogP contribution in [0.4, 0.5) is 0 Å². The van der Waals surface area contributed by atoms with E-state index in [0.29, 0.717) is 18.2 Å². The lowest BCUT2D eigenvalue weighted by molar-refractivity contribution is 0.297. The molecule has 0 atom stereocenters. The van der Waals surface area contributed by atoms with Crippen molar-refractivity contribution in [1.82, 2.24) is 9.78 Å². The molecule has 0 aliphatic carbocycles. The lowest BCUT2D eigenvalue weighted by atomic mass is 10.2. The first-order valence-corrected chi connectivity index (χ1v) is 6.68. The third-order valence-electron chi connectivity index (χ3n) is 2.96. The van der Waals surface area contributed by atoms with E-state index in [1.54, 1.807) is 6.20 Å². The fraction of sp³-hybridized carbons (Fsp3) is 0.357. The van der Waals surface area contributed by atoms with Gasteiger partial charge >= 0.3 is 0 Å². The quantitative estimate of drug-likeness (QED) is 0.827. The maximum Gasteiger partial charge on any atom is 0.119 e. The molecule has 2 N–H and O–H groups in total. The summed E-state index contributed by atoms with van der Waals surface area (Å²) in [6.07, 6.45) is 2.55. The normalized spacial score (nSPS) is 10.7. The maximum atomic E-state index is 5.95. The van der Waals surface area contributed by atoms with Crippen LogP contribution in [0.3, 0.4) is 0 Å². The first kappa shape index (κ1) is 13.9. The highest BCUT2D eigenvalue weighted by molar-refractivity contribution is 6.31. The van der Waals surface area contributed by atoms with Crippen molar-refractivity contribution in [2.75, 3.05) is 6.61 Å². The fourth-order valence-electron chi connectivity index (χ4n) is 1.82. The number of rotatable bonds is 6. The van der Waals surface area contributed by atoms with E-state index in [4.69, 9.17) is 22.1 Å². The molecular formula is C14H18ClN3O. The molecule has 0 aliphatic heterocycles. The van der Waals surface area contributed by atoms with Crippen molar-refractivity contribution in [2.24, 2.45) is 5.73 Å². The molecule has 2 aromatic rings. The highest BCUT2D eigenvalue weighted by atomic mass is 35.5. The summed E-state index contributed by atoms with van der Waals surface area (Å²) in [4.78, 5) is 0. The van der Waals surface area contributed by atoms with Crippen molar-refractivity contribution in [1.29, 1.82) is 0 Å². The number of hydrogen-bond donors (Lipinski definition) is 1.